The number of benzene rings is 1. The first kappa shape index (κ1) is 15.8. The van der Waals surface area contributed by atoms with E-state index in [1.807, 2.05) is 12.1 Å². The zero-order chi connectivity index (χ0) is 15.1. The molecule has 0 saturated carbocycles. The molecule has 112 valence electrons. The van der Waals surface area contributed by atoms with E-state index < -0.39 is 0 Å². The van der Waals surface area contributed by atoms with E-state index in [9.17, 15) is 4.79 Å². The summed E-state index contributed by atoms with van der Waals surface area (Å²) in [4.78, 5) is 16.1. The predicted molar refractivity (Wildman–Crippen MR) is 85.0 cm³/mol. The van der Waals surface area contributed by atoms with Crippen LogP contribution < -0.4 is 5.32 Å². The summed E-state index contributed by atoms with van der Waals surface area (Å²) in [6.45, 7) is 5.38. The molecule has 1 aromatic carbocycles. The van der Waals surface area contributed by atoms with E-state index in [0.717, 1.165) is 37.7 Å². The lowest BCUT2D eigenvalue weighted by atomic mass is 10.2. The summed E-state index contributed by atoms with van der Waals surface area (Å²) >= 11 is 5.89. The number of hydrogen-bond donors (Lipinski definition) is 1. The minimum absolute atomic E-state index is 0.000832. The molecule has 0 aliphatic carbocycles. The molecule has 1 N–H and O–H groups in total. The first-order chi connectivity index (χ1) is 10.2. The van der Waals surface area contributed by atoms with Gasteiger partial charge in [-0.2, -0.15) is 0 Å². The Bertz CT molecular complexity index is 501. The van der Waals surface area contributed by atoms with E-state index in [0.29, 0.717) is 13.1 Å². The summed E-state index contributed by atoms with van der Waals surface area (Å²) in [5, 5.41) is 3.46. The summed E-state index contributed by atoms with van der Waals surface area (Å²) in [5.41, 5.74) is 1.26. The SMILES string of the molecule is C#CCNC(=O)CN1CCN(Cc2ccc(Cl)cc2)CC1. The van der Waals surface area contributed by atoms with Crippen molar-refractivity contribution in [1.29, 1.82) is 0 Å². The largest absolute Gasteiger partial charge is 0.344 e. The number of nitrogens with zero attached hydrogens (tertiary/aromatic N) is 2. The lowest BCUT2D eigenvalue weighted by Gasteiger charge is -2.34. The van der Waals surface area contributed by atoms with Gasteiger partial charge < -0.3 is 5.32 Å². The van der Waals surface area contributed by atoms with E-state index in [4.69, 9.17) is 18.0 Å². The Labute approximate surface area is 131 Å². The molecular formula is C16H20ClN3O. The second kappa shape index (κ2) is 8.04. The van der Waals surface area contributed by atoms with Crippen molar-refractivity contribution in [3.05, 3.63) is 34.9 Å². The average Bonchev–Trinajstić information content (AvgIpc) is 2.49. The van der Waals surface area contributed by atoms with Crippen molar-refractivity contribution in [3.8, 4) is 12.3 Å². The van der Waals surface area contributed by atoms with Crippen LogP contribution in [0.1, 0.15) is 5.56 Å². The van der Waals surface area contributed by atoms with Crippen molar-refractivity contribution >= 4 is 17.5 Å². The maximum Gasteiger partial charge on any atom is 0.234 e. The smallest absolute Gasteiger partial charge is 0.234 e. The van der Waals surface area contributed by atoms with Crippen molar-refractivity contribution < 1.29 is 4.79 Å². The van der Waals surface area contributed by atoms with E-state index in [2.05, 4.69) is 33.2 Å². The van der Waals surface area contributed by atoms with Crippen LogP contribution in [0.25, 0.3) is 0 Å². The molecule has 1 fully saturated rings. The Kier molecular flexibility index (Phi) is 6.06. The van der Waals surface area contributed by atoms with Crippen LogP contribution in [0.5, 0.6) is 0 Å². The number of carbonyl (C=O) groups excluding carboxylic acids is 1. The van der Waals surface area contributed by atoms with Crippen LogP contribution >= 0.6 is 11.6 Å². The van der Waals surface area contributed by atoms with Gasteiger partial charge in [-0.3, -0.25) is 14.6 Å². The fraction of sp³-hybridized carbons (Fsp3) is 0.438. The highest BCUT2D eigenvalue weighted by atomic mass is 35.5. The zero-order valence-corrected chi connectivity index (χ0v) is 12.8. The number of halogens is 1. The lowest BCUT2D eigenvalue weighted by molar-refractivity contribution is -0.122. The van der Waals surface area contributed by atoms with Crippen molar-refractivity contribution in [1.82, 2.24) is 15.1 Å². The maximum atomic E-state index is 11.6. The van der Waals surface area contributed by atoms with Gasteiger partial charge in [0.1, 0.15) is 0 Å². The Morgan fingerprint density at radius 3 is 2.43 bits per heavy atom. The Morgan fingerprint density at radius 1 is 1.19 bits per heavy atom. The van der Waals surface area contributed by atoms with Gasteiger partial charge in [0.2, 0.25) is 5.91 Å². The van der Waals surface area contributed by atoms with E-state index in [1.165, 1.54) is 5.56 Å². The molecule has 1 heterocycles. The third-order valence-corrected chi connectivity index (χ3v) is 3.79. The highest BCUT2D eigenvalue weighted by Crippen LogP contribution is 2.12. The molecule has 1 aliphatic heterocycles. The molecule has 0 radical (unpaired) electrons. The fourth-order valence-electron chi connectivity index (χ4n) is 2.36. The second-order valence-corrected chi connectivity index (χ2v) is 5.60. The van der Waals surface area contributed by atoms with Crippen LogP contribution in [-0.4, -0.2) is 55.0 Å². The molecule has 0 spiro atoms. The molecule has 21 heavy (non-hydrogen) atoms. The molecular weight excluding hydrogens is 286 g/mol. The quantitative estimate of drug-likeness (QED) is 0.831. The maximum absolute atomic E-state index is 11.6. The van der Waals surface area contributed by atoms with Gasteiger partial charge in [0, 0.05) is 37.7 Å². The van der Waals surface area contributed by atoms with Gasteiger partial charge in [-0.25, -0.2) is 0 Å². The average molecular weight is 306 g/mol. The molecule has 1 saturated heterocycles. The highest BCUT2D eigenvalue weighted by Gasteiger charge is 2.18. The highest BCUT2D eigenvalue weighted by molar-refractivity contribution is 6.30. The molecule has 1 aromatic rings. The van der Waals surface area contributed by atoms with Crippen molar-refractivity contribution in [2.24, 2.45) is 0 Å². The lowest BCUT2D eigenvalue weighted by Crippen LogP contribution is -2.49. The van der Waals surface area contributed by atoms with Gasteiger partial charge >= 0.3 is 0 Å². The second-order valence-electron chi connectivity index (χ2n) is 5.16. The van der Waals surface area contributed by atoms with Gasteiger partial charge in [0.25, 0.3) is 0 Å². The molecule has 4 nitrogen and oxygen atoms in total. The molecule has 0 bridgehead atoms. The number of terminal acetylenes is 1. The summed E-state index contributed by atoms with van der Waals surface area (Å²) in [6.07, 6.45) is 5.12. The molecule has 1 amide bonds. The van der Waals surface area contributed by atoms with Crippen molar-refractivity contribution in [2.45, 2.75) is 6.54 Å². The minimum atomic E-state index is -0.000832. The number of rotatable bonds is 5. The van der Waals surface area contributed by atoms with Crippen LogP contribution in [0.4, 0.5) is 0 Å². The summed E-state index contributed by atoms with van der Waals surface area (Å²) in [5.74, 6) is 2.41. The first-order valence-corrected chi connectivity index (χ1v) is 7.44. The van der Waals surface area contributed by atoms with Crippen molar-refractivity contribution in [3.63, 3.8) is 0 Å². The third-order valence-electron chi connectivity index (χ3n) is 3.54. The Hall–Kier alpha value is -1.54. The van der Waals surface area contributed by atoms with Gasteiger partial charge in [0.05, 0.1) is 13.1 Å². The molecule has 0 aromatic heterocycles. The summed E-state index contributed by atoms with van der Waals surface area (Å²) in [6, 6.07) is 7.95. The third kappa shape index (κ3) is 5.39. The number of carbonyl (C=O) groups is 1. The Balaban J connectivity index is 1.72. The fourth-order valence-corrected chi connectivity index (χ4v) is 2.49. The van der Waals surface area contributed by atoms with Gasteiger partial charge in [-0.1, -0.05) is 29.7 Å². The molecule has 0 unspecified atom stereocenters. The van der Waals surface area contributed by atoms with E-state index in [-0.39, 0.29) is 5.91 Å². The van der Waals surface area contributed by atoms with Crippen molar-refractivity contribution in [2.75, 3.05) is 39.3 Å². The van der Waals surface area contributed by atoms with Crippen LogP contribution in [-0.2, 0) is 11.3 Å². The van der Waals surface area contributed by atoms with E-state index in [1.54, 1.807) is 0 Å². The molecule has 2 rings (SSSR count). The number of piperazine rings is 1. The van der Waals surface area contributed by atoms with Crippen LogP contribution in [0.15, 0.2) is 24.3 Å². The molecule has 0 atom stereocenters. The topological polar surface area (TPSA) is 35.6 Å². The van der Waals surface area contributed by atoms with Crippen LogP contribution in [0, 0.1) is 12.3 Å². The van der Waals surface area contributed by atoms with Gasteiger partial charge in [-0.15, -0.1) is 6.42 Å². The normalized spacial score (nSPS) is 16.4. The first-order valence-electron chi connectivity index (χ1n) is 7.06. The van der Waals surface area contributed by atoms with Gasteiger partial charge in [0.15, 0.2) is 0 Å². The van der Waals surface area contributed by atoms with Gasteiger partial charge in [-0.05, 0) is 17.7 Å². The molecule has 1 aliphatic rings. The summed E-state index contributed by atoms with van der Waals surface area (Å²) < 4.78 is 0. The Morgan fingerprint density at radius 2 is 1.81 bits per heavy atom. The molecule has 5 heteroatoms. The van der Waals surface area contributed by atoms with E-state index >= 15 is 0 Å². The number of hydrogen-bond acceptors (Lipinski definition) is 3. The minimum Gasteiger partial charge on any atom is -0.344 e. The standard InChI is InChI=1S/C16H20ClN3O/c1-2-7-18-16(21)13-20-10-8-19(9-11-20)12-14-3-5-15(17)6-4-14/h1,3-6H,7-13H2,(H,18,21). The predicted octanol–water partition coefficient (Wildman–Crippen LogP) is 1.21. The monoisotopic (exact) mass is 305 g/mol. The number of amides is 1. The summed E-state index contributed by atoms with van der Waals surface area (Å²) in [7, 11) is 0. The van der Waals surface area contributed by atoms with Crippen LogP contribution in [0.3, 0.4) is 0 Å². The zero-order valence-electron chi connectivity index (χ0n) is 12.0. The number of nitrogens with one attached hydrogen (secondary N) is 1. The van der Waals surface area contributed by atoms with Crippen LogP contribution in [0.2, 0.25) is 5.02 Å².